The first-order chi connectivity index (χ1) is 10.7. The van der Waals surface area contributed by atoms with E-state index in [1.165, 1.54) is 45.3 Å². The topological polar surface area (TPSA) is 34.1 Å². The Balaban J connectivity index is 1.52. The standard InChI is InChI=1S/C17H33N5/c1-18-17(19-10-16-13-20(2)8-9-21(16)3)22-11-14-6-4-5-7-15(14)12-22/h14-16H,4-13H2,1-3H3,(H,18,19). The molecule has 0 aromatic heterocycles. The minimum Gasteiger partial charge on any atom is -0.355 e. The Morgan fingerprint density at radius 3 is 2.36 bits per heavy atom. The van der Waals surface area contributed by atoms with Crippen LogP contribution in [0.4, 0.5) is 0 Å². The van der Waals surface area contributed by atoms with Gasteiger partial charge in [-0.2, -0.15) is 0 Å². The van der Waals surface area contributed by atoms with Gasteiger partial charge in [-0.1, -0.05) is 12.8 Å². The van der Waals surface area contributed by atoms with E-state index in [1.54, 1.807) is 0 Å². The van der Waals surface area contributed by atoms with Gasteiger partial charge in [-0.15, -0.1) is 0 Å². The van der Waals surface area contributed by atoms with Gasteiger partial charge in [0.2, 0.25) is 0 Å². The summed E-state index contributed by atoms with van der Waals surface area (Å²) in [6.45, 7) is 6.91. The molecule has 2 heterocycles. The van der Waals surface area contributed by atoms with Gasteiger partial charge in [0.05, 0.1) is 0 Å². The SMILES string of the molecule is CN=C(NCC1CN(C)CCN1C)N1CC2CCCCC2C1. The number of aliphatic imine (C=N–C) groups is 1. The molecule has 1 aliphatic carbocycles. The summed E-state index contributed by atoms with van der Waals surface area (Å²) in [7, 11) is 6.40. The lowest BCUT2D eigenvalue weighted by molar-refractivity contribution is 0.116. The number of nitrogens with zero attached hydrogens (tertiary/aromatic N) is 4. The highest BCUT2D eigenvalue weighted by Gasteiger charge is 2.35. The second kappa shape index (κ2) is 7.18. The predicted octanol–water partition coefficient (Wildman–Crippen LogP) is 0.930. The van der Waals surface area contributed by atoms with Gasteiger partial charge in [-0.25, -0.2) is 0 Å². The molecule has 5 heteroatoms. The van der Waals surface area contributed by atoms with Gasteiger partial charge >= 0.3 is 0 Å². The van der Waals surface area contributed by atoms with Gasteiger partial charge in [-0.05, 0) is 38.8 Å². The fraction of sp³-hybridized carbons (Fsp3) is 0.941. The molecule has 22 heavy (non-hydrogen) atoms. The Hall–Kier alpha value is -0.810. The van der Waals surface area contributed by atoms with E-state index in [0.29, 0.717) is 6.04 Å². The molecule has 0 spiro atoms. The van der Waals surface area contributed by atoms with E-state index >= 15 is 0 Å². The molecular formula is C17H33N5. The van der Waals surface area contributed by atoms with Crippen LogP contribution in [0, 0.1) is 11.8 Å². The van der Waals surface area contributed by atoms with Crippen molar-refractivity contribution in [2.75, 3.05) is 60.4 Å². The number of guanidine groups is 1. The normalized spacial score (nSPS) is 34.8. The number of nitrogens with one attached hydrogen (secondary N) is 1. The molecule has 0 amide bonds. The summed E-state index contributed by atoms with van der Waals surface area (Å²) in [6, 6.07) is 0.584. The maximum absolute atomic E-state index is 4.56. The minimum absolute atomic E-state index is 0.584. The maximum atomic E-state index is 4.56. The van der Waals surface area contributed by atoms with Crippen molar-refractivity contribution in [3.8, 4) is 0 Å². The molecule has 0 bridgehead atoms. The summed E-state index contributed by atoms with van der Waals surface area (Å²) in [4.78, 5) is 12.0. The lowest BCUT2D eigenvalue weighted by Gasteiger charge is -2.38. The number of likely N-dealkylation sites (tertiary alicyclic amines) is 1. The van der Waals surface area contributed by atoms with Crippen molar-refractivity contribution in [3.05, 3.63) is 0 Å². The van der Waals surface area contributed by atoms with Gasteiger partial charge in [0.1, 0.15) is 0 Å². The number of fused-ring (bicyclic) bond motifs is 1. The molecule has 0 radical (unpaired) electrons. The number of hydrogen-bond donors (Lipinski definition) is 1. The number of piperazine rings is 1. The van der Waals surface area contributed by atoms with Gasteiger partial charge < -0.3 is 15.1 Å². The largest absolute Gasteiger partial charge is 0.355 e. The molecule has 3 aliphatic rings. The Kier molecular flexibility index (Phi) is 5.24. The molecule has 5 nitrogen and oxygen atoms in total. The summed E-state index contributed by atoms with van der Waals surface area (Å²) in [5.74, 6) is 2.95. The third-order valence-corrected chi connectivity index (χ3v) is 5.96. The van der Waals surface area contributed by atoms with E-state index in [9.17, 15) is 0 Å². The van der Waals surface area contributed by atoms with Crippen LogP contribution in [0.2, 0.25) is 0 Å². The van der Waals surface area contributed by atoms with Crippen LogP contribution in [-0.2, 0) is 0 Å². The molecule has 2 aliphatic heterocycles. The molecule has 1 saturated carbocycles. The predicted molar refractivity (Wildman–Crippen MR) is 92.3 cm³/mol. The van der Waals surface area contributed by atoms with Gasteiger partial charge in [-0.3, -0.25) is 9.89 Å². The van der Waals surface area contributed by atoms with Gasteiger partial charge in [0.15, 0.2) is 5.96 Å². The van der Waals surface area contributed by atoms with E-state index in [-0.39, 0.29) is 0 Å². The van der Waals surface area contributed by atoms with Crippen LogP contribution in [0.25, 0.3) is 0 Å². The molecule has 3 fully saturated rings. The van der Waals surface area contributed by atoms with Crippen LogP contribution in [0.5, 0.6) is 0 Å². The highest BCUT2D eigenvalue weighted by molar-refractivity contribution is 5.80. The molecule has 3 atom stereocenters. The van der Waals surface area contributed by atoms with E-state index in [0.717, 1.165) is 37.4 Å². The zero-order chi connectivity index (χ0) is 15.5. The van der Waals surface area contributed by atoms with Crippen molar-refractivity contribution >= 4 is 5.96 Å². The Labute approximate surface area is 135 Å². The van der Waals surface area contributed by atoms with E-state index in [2.05, 4.69) is 39.1 Å². The molecule has 126 valence electrons. The summed E-state index contributed by atoms with van der Waals surface area (Å²) in [6.07, 6.45) is 5.71. The zero-order valence-corrected chi connectivity index (χ0v) is 14.6. The van der Waals surface area contributed by atoms with Gasteiger partial charge in [0.25, 0.3) is 0 Å². The van der Waals surface area contributed by atoms with Crippen LogP contribution in [0.1, 0.15) is 25.7 Å². The second-order valence-electron chi connectivity index (χ2n) is 7.53. The first-order valence-electron chi connectivity index (χ1n) is 9.01. The van der Waals surface area contributed by atoms with Crippen LogP contribution < -0.4 is 5.32 Å². The first kappa shape index (κ1) is 16.1. The smallest absolute Gasteiger partial charge is 0.193 e. The van der Waals surface area contributed by atoms with Crippen LogP contribution in [-0.4, -0.2) is 87.1 Å². The number of rotatable bonds is 2. The summed E-state index contributed by atoms with van der Waals surface area (Å²) >= 11 is 0. The molecule has 3 unspecified atom stereocenters. The van der Waals surface area contributed by atoms with Crippen LogP contribution in [0.3, 0.4) is 0 Å². The lowest BCUT2D eigenvalue weighted by Crippen LogP contribution is -2.55. The Morgan fingerprint density at radius 1 is 1.05 bits per heavy atom. The lowest BCUT2D eigenvalue weighted by atomic mass is 9.82. The molecule has 1 N–H and O–H groups in total. The summed E-state index contributed by atoms with van der Waals surface area (Å²) in [5, 5.41) is 3.65. The molecule has 0 aromatic carbocycles. The Bertz CT molecular complexity index is 383. The highest BCUT2D eigenvalue weighted by atomic mass is 15.3. The monoisotopic (exact) mass is 307 g/mol. The number of likely N-dealkylation sites (N-methyl/N-ethyl adjacent to an activating group) is 2. The van der Waals surface area contributed by atoms with Crippen molar-refractivity contribution in [1.82, 2.24) is 20.0 Å². The first-order valence-corrected chi connectivity index (χ1v) is 9.01. The highest BCUT2D eigenvalue weighted by Crippen LogP contribution is 2.35. The summed E-state index contributed by atoms with van der Waals surface area (Å²) in [5.41, 5.74) is 0. The van der Waals surface area contributed by atoms with E-state index < -0.39 is 0 Å². The third kappa shape index (κ3) is 3.57. The second-order valence-corrected chi connectivity index (χ2v) is 7.53. The minimum atomic E-state index is 0.584. The average molecular weight is 307 g/mol. The fourth-order valence-electron chi connectivity index (χ4n) is 4.44. The third-order valence-electron chi connectivity index (χ3n) is 5.96. The van der Waals surface area contributed by atoms with Crippen molar-refractivity contribution in [2.24, 2.45) is 16.8 Å². The number of hydrogen-bond acceptors (Lipinski definition) is 3. The molecule has 3 rings (SSSR count). The molecular weight excluding hydrogens is 274 g/mol. The van der Waals surface area contributed by atoms with E-state index in [4.69, 9.17) is 0 Å². The Morgan fingerprint density at radius 2 is 1.73 bits per heavy atom. The van der Waals surface area contributed by atoms with Crippen LogP contribution in [0.15, 0.2) is 4.99 Å². The maximum Gasteiger partial charge on any atom is 0.193 e. The zero-order valence-electron chi connectivity index (χ0n) is 14.6. The van der Waals surface area contributed by atoms with E-state index in [1.807, 2.05) is 7.05 Å². The van der Waals surface area contributed by atoms with Crippen LogP contribution >= 0.6 is 0 Å². The van der Waals surface area contributed by atoms with Crippen molar-refractivity contribution in [1.29, 1.82) is 0 Å². The quantitative estimate of drug-likeness (QED) is 0.608. The summed E-state index contributed by atoms with van der Waals surface area (Å²) < 4.78 is 0. The van der Waals surface area contributed by atoms with Crippen molar-refractivity contribution in [3.63, 3.8) is 0 Å². The van der Waals surface area contributed by atoms with Crippen molar-refractivity contribution in [2.45, 2.75) is 31.7 Å². The van der Waals surface area contributed by atoms with Crippen molar-refractivity contribution < 1.29 is 0 Å². The molecule has 0 aromatic rings. The molecule has 2 saturated heterocycles. The average Bonchev–Trinajstić information content (AvgIpc) is 2.95. The fourth-order valence-corrected chi connectivity index (χ4v) is 4.44. The van der Waals surface area contributed by atoms with Gasteiger partial charge in [0, 0.05) is 52.4 Å².